The number of carbonyl (C=O) groups excluding carboxylic acids is 2. The Morgan fingerprint density at radius 1 is 0.491 bits per heavy atom. The van der Waals surface area contributed by atoms with Crippen LogP contribution in [-0.2, 0) is 28.2 Å². The van der Waals surface area contributed by atoms with Gasteiger partial charge in [0.05, 0.1) is 6.61 Å². The number of esters is 2. The second-order valence-electron chi connectivity index (χ2n) is 15.0. The summed E-state index contributed by atoms with van der Waals surface area (Å²) in [5.74, 6) is -0.906. The number of unbranched alkanes of at least 4 members (excludes halogenated alkanes) is 23. The first-order chi connectivity index (χ1) is 26.8. The monoisotopic (exact) mass is 795 g/mol. The van der Waals surface area contributed by atoms with Gasteiger partial charge in [-0.2, -0.15) is 0 Å². The molecule has 0 aliphatic heterocycles. The third-order valence-corrected chi connectivity index (χ3v) is 10.1. The lowest BCUT2D eigenvalue weighted by molar-refractivity contribution is -0.161. The predicted octanol–water partition coefficient (Wildman–Crippen LogP) is 13.9. The Kier molecular flexibility index (Phi) is 40.1. The summed E-state index contributed by atoms with van der Waals surface area (Å²) in [6.45, 7) is 3.57. The molecule has 0 radical (unpaired) electrons. The number of allylic oxidation sites excluding steroid dienone is 8. The average molecular weight is 795 g/mol. The fourth-order valence-electron chi connectivity index (χ4n) is 6.31. The van der Waals surface area contributed by atoms with E-state index >= 15 is 0 Å². The largest absolute Gasteiger partial charge is 0.469 e. The van der Waals surface area contributed by atoms with E-state index in [1.807, 2.05) is 0 Å². The molecule has 320 valence electrons. The van der Waals surface area contributed by atoms with Crippen LogP contribution in [0.1, 0.15) is 213 Å². The predicted molar refractivity (Wildman–Crippen MR) is 230 cm³/mol. The molecule has 0 fully saturated rings. The summed E-state index contributed by atoms with van der Waals surface area (Å²) in [7, 11) is -4.76. The minimum Gasteiger partial charge on any atom is -0.462 e. The van der Waals surface area contributed by atoms with Crippen LogP contribution in [0.25, 0.3) is 0 Å². The molecule has 0 aromatic rings. The first-order valence-corrected chi connectivity index (χ1v) is 24.0. The van der Waals surface area contributed by atoms with E-state index in [1.54, 1.807) is 0 Å². The van der Waals surface area contributed by atoms with Crippen molar-refractivity contribution in [2.45, 2.75) is 219 Å². The van der Waals surface area contributed by atoms with E-state index in [9.17, 15) is 14.2 Å². The molecule has 0 bridgehead atoms. The Bertz CT molecular complexity index is 1030. The second-order valence-corrected chi connectivity index (χ2v) is 16.2. The van der Waals surface area contributed by atoms with Crippen molar-refractivity contribution in [2.75, 3.05) is 13.2 Å². The van der Waals surface area contributed by atoms with Crippen LogP contribution < -0.4 is 0 Å². The van der Waals surface area contributed by atoms with Gasteiger partial charge in [-0.1, -0.05) is 197 Å². The zero-order valence-electron chi connectivity index (χ0n) is 35.3. The van der Waals surface area contributed by atoms with Crippen LogP contribution in [0.2, 0.25) is 0 Å². The Balaban J connectivity index is 3.89. The molecule has 1 atom stereocenters. The molecule has 1 unspecified atom stereocenters. The summed E-state index contributed by atoms with van der Waals surface area (Å²) >= 11 is 0. The van der Waals surface area contributed by atoms with Crippen molar-refractivity contribution in [3.8, 4) is 0 Å². The normalized spacial score (nSPS) is 12.9. The van der Waals surface area contributed by atoms with Crippen LogP contribution in [0, 0.1) is 0 Å². The molecule has 9 heteroatoms. The lowest BCUT2D eigenvalue weighted by atomic mass is 10.0. The number of hydrogen-bond donors (Lipinski definition) is 2. The van der Waals surface area contributed by atoms with Crippen LogP contribution in [0.4, 0.5) is 0 Å². The molecular weight excluding hydrogens is 711 g/mol. The Hall–Kier alpha value is -1.99. The smallest absolute Gasteiger partial charge is 0.462 e. The van der Waals surface area contributed by atoms with Gasteiger partial charge in [0.25, 0.3) is 0 Å². The number of phosphoric acid groups is 1. The Morgan fingerprint density at radius 3 is 1.31 bits per heavy atom. The van der Waals surface area contributed by atoms with Crippen molar-refractivity contribution in [2.24, 2.45) is 0 Å². The van der Waals surface area contributed by atoms with E-state index in [-0.39, 0.29) is 19.4 Å². The molecular formula is C46H83O8P. The number of ether oxygens (including phenoxy) is 2. The molecule has 0 aliphatic rings. The maximum atomic E-state index is 12.4. The summed E-state index contributed by atoms with van der Waals surface area (Å²) in [6.07, 6.45) is 51.2. The standard InChI is InChI=1S/C46H83O8P/c1-3-5-7-9-11-13-15-17-19-21-22-23-25-26-28-30-32-34-36-38-40-45(47)52-42-44(43-53-55(49,50)51)54-46(48)41-39-37-35-33-31-29-27-24-20-18-16-14-12-10-8-6-4-2/h6,8,12,14,18,20,27,29,44H,3-5,7,9-11,13,15-17,19,21-26,28,30-43H2,1-2H3,(H2,49,50,51)/b8-6-,14-12-,20-18-,29-27-. The van der Waals surface area contributed by atoms with Gasteiger partial charge >= 0.3 is 19.8 Å². The van der Waals surface area contributed by atoms with Gasteiger partial charge in [-0.05, 0) is 51.4 Å². The summed E-state index contributed by atoms with van der Waals surface area (Å²) in [6, 6.07) is 0. The first kappa shape index (κ1) is 53.0. The third kappa shape index (κ3) is 44.6. The quantitative estimate of drug-likeness (QED) is 0.0272. The Labute approximate surface area is 337 Å². The van der Waals surface area contributed by atoms with Crippen molar-refractivity contribution >= 4 is 19.8 Å². The molecule has 55 heavy (non-hydrogen) atoms. The Morgan fingerprint density at radius 2 is 0.873 bits per heavy atom. The lowest BCUT2D eigenvalue weighted by Gasteiger charge is -2.18. The van der Waals surface area contributed by atoms with E-state index in [4.69, 9.17) is 19.3 Å². The van der Waals surface area contributed by atoms with Gasteiger partial charge in [0.1, 0.15) is 6.61 Å². The van der Waals surface area contributed by atoms with E-state index in [1.165, 1.54) is 109 Å². The van der Waals surface area contributed by atoms with Crippen molar-refractivity contribution in [1.82, 2.24) is 0 Å². The molecule has 2 N–H and O–H groups in total. The minimum atomic E-state index is -4.76. The third-order valence-electron chi connectivity index (χ3n) is 9.61. The number of rotatable bonds is 41. The van der Waals surface area contributed by atoms with Gasteiger partial charge < -0.3 is 19.3 Å². The SMILES string of the molecule is CC/C=C\C/C=C\C/C=C\C/C=C\CCCCCCC(=O)OC(COC(=O)CCCCCCCCCCCCCCCCCCCCCC)COP(=O)(O)O. The molecule has 0 rings (SSSR count). The number of hydrogen-bond acceptors (Lipinski definition) is 6. The highest BCUT2D eigenvalue weighted by atomic mass is 31.2. The fourth-order valence-corrected chi connectivity index (χ4v) is 6.67. The highest BCUT2D eigenvalue weighted by Gasteiger charge is 2.22. The van der Waals surface area contributed by atoms with Crippen molar-refractivity contribution < 1.29 is 37.9 Å². The molecule has 0 saturated carbocycles. The molecule has 0 aromatic carbocycles. The maximum absolute atomic E-state index is 12.4. The van der Waals surface area contributed by atoms with Gasteiger partial charge in [-0.15, -0.1) is 0 Å². The molecule has 8 nitrogen and oxygen atoms in total. The number of phosphoric ester groups is 1. The van der Waals surface area contributed by atoms with Crippen LogP contribution in [0.5, 0.6) is 0 Å². The van der Waals surface area contributed by atoms with Gasteiger partial charge in [-0.25, -0.2) is 4.57 Å². The first-order valence-electron chi connectivity index (χ1n) is 22.4. The van der Waals surface area contributed by atoms with Crippen LogP contribution in [0.15, 0.2) is 48.6 Å². The zero-order chi connectivity index (χ0) is 40.3. The summed E-state index contributed by atoms with van der Waals surface area (Å²) in [5.41, 5.74) is 0. The fraction of sp³-hybridized carbons (Fsp3) is 0.783. The van der Waals surface area contributed by atoms with Crippen LogP contribution >= 0.6 is 7.82 Å². The second kappa shape index (κ2) is 41.6. The summed E-state index contributed by atoms with van der Waals surface area (Å²) < 4.78 is 26.4. The summed E-state index contributed by atoms with van der Waals surface area (Å²) in [4.78, 5) is 42.9. The lowest BCUT2D eigenvalue weighted by Crippen LogP contribution is -2.29. The molecule has 0 aliphatic carbocycles. The van der Waals surface area contributed by atoms with E-state index in [0.29, 0.717) is 6.42 Å². The molecule has 0 amide bonds. The highest BCUT2D eigenvalue weighted by Crippen LogP contribution is 2.36. The van der Waals surface area contributed by atoms with Gasteiger partial charge in [-0.3, -0.25) is 14.1 Å². The molecule has 0 aromatic heterocycles. The van der Waals surface area contributed by atoms with Gasteiger partial charge in [0.15, 0.2) is 6.10 Å². The van der Waals surface area contributed by atoms with Crippen LogP contribution in [-0.4, -0.2) is 41.0 Å². The average Bonchev–Trinajstić information content (AvgIpc) is 3.16. The molecule has 0 heterocycles. The molecule has 0 saturated heterocycles. The molecule has 0 spiro atoms. The minimum absolute atomic E-state index is 0.184. The van der Waals surface area contributed by atoms with Crippen molar-refractivity contribution in [3.63, 3.8) is 0 Å². The van der Waals surface area contributed by atoms with E-state index in [0.717, 1.165) is 70.6 Å². The van der Waals surface area contributed by atoms with Crippen molar-refractivity contribution in [3.05, 3.63) is 48.6 Å². The topological polar surface area (TPSA) is 119 Å². The highest BCUT2D eigenvalue weighted by molar-refractivity contribution is 7.46. The van der Waals surface area contributed by atoms with E-state index in [2.05, 4.69) is 67.0 Å². The van der Waals surface area contributed by atoms with E-state index < -0.39 is 32.5 Å². The van der Waals surface area contributed by atoms with Gasteiger partial charge in [0, 0.05) is 12.8 Å². The zero-order valence-corrected chi connectivity index (χ0v) is 36.2. The van der Waals surface area contributed by atoms with Crippen LogP contribution in [0.3, 0.4) is 0 Å². The van der Waals surface area contributed by atoms with Crippen molar-refractivity contribution in [1.29, 1.82) is 0 Å². The number of carbonyl (C=O) groups is 2. The van der Waals surface area contributed by atoms with Gasteiger partial charge in [0.2, 0.25) is 0 Å². The summed E-state index contributed by atoms with van der Waals surface area (Å²) in [5, 5.41) is 0. The maximum Gasteiger partial charge on any atom is 0.469 e.